The number of ether oxygens (including phenoxy) is 3. The number of alkyl halides is 4. The number of alkyl carbamates (subject to hydrolysis) is 1. The van der Waals surface area contributed by atoms with E-state index in [9.17, 15) is 22.4 Å². The Morgan fingerprint density at radius 2 is 2.17 bits per heavy atom. The summed E-state index contributed by atoms with van der Waals surface area (Å²) in [5, 5.41) is 12.4. The number of hydrogen-bond acceptors (Lipinski definition) is 8. The minimum atomic E-state index is -4.78. The van der Waals surface area contributed by atoms with E-state index in [1.54, 1.807) is 6.92 Å². The Morgan fingerprint density at radius 1 is 1.39 bits per heavy atom. The molecule has 1 amide bonds. The van der Waals surface area contributed by atoms with Crippen LogP contribution in [0.1, 0.15) is 42.8 Å². The summed E-state index contributed by atoms with van der Waals surface area (Å²) in [6.45, 7) is 2.72. The Morgan fingerprint density at radius 3 is 2.89 bits per heavy atom. The van der Waals surface area contributed by atoms with Gasteiger partial charge in [-0.15, -0.1) is 13.2 Å². The zero-order valence-electron chi connectivity index (χ0n) is 19.2. The van der Waals surface area contributed by atoms with Gasteiger partial charge in [-0.25, -0.2) is 19.2 Å². The van der Waals surface area contributed by atoms with Crippen molar-refractivity contribution in [3.05, 3.63) is 35.4 Å². The average Bonchev–Trinajstić information content (AvgIpc) is 3.16. The van der Waals surface area contributed by atoms with Crippen LogP contribution in [0.2, 0.25) is 0 Å². The molecule has 15 heteroatoms. The van der Waals surface area contributed by atoms with Gasteiger partial charge in [-0.1, -0.05) is 0 Å². The molecule has 0 aromatic carbocycles. The number of carbonyl (C=O) groups is 1. The van der Waals surface area contributed by atoms with E-state index in [2.05, 4.69) is 35.5 Å². The second kappa shape index (κ2) is 8.89. The molecular formula is C21H23F4N7O4. The Kier molecular flexibility index (Phi) is 5.98. The number of aryl methyl sites for hydroxylation is 1. The molecule has 3 N–H and O–H groups in total. The molecule has 4 heterocycles. The minimum absolute atomic E-state index is 0.0552. The summed E-state index contributed by atoms with van der Waals surface area (Å²) in [6, 6.07) is 1.50. The van der Waals surface area contributed by atoms with Gasteiger partial charge in [0.15, 0.2) is 18.1 Å². The van der Waals surface area contributed by atoms with Crippen molar-refractivity contribution in [2.75, 3.05) is 11.9 Å². The lowest BCUT2D eigenvalue weighted by atomic mass is 10.1. The predicted octanol–water partition coefficient (Wildman–Crippen LogP) is 3.60. The first kappa shape index (κ1) is 24.2. The molecule has 194 valence electrons. The number of aromatic nitrogens is 5. The number of amides is 1. The monoisotopic (exact) mass is 513 g/mol. The molecule has 0 spiro atoms. The van der Waals surface area contributed by atoms with Crippen LogP contribution in [0.5, 0.6) is 0 Å². The zero-order chi connectivity index (χ0) is 25.7. The first-order valence-corrected chi connectivity index (χ1v) is 11.1. The quantitative estimate of drug-likeness (QED) is 0.409. The van der Waals surface area contributed by atoms with Crippen molar-refractivity contribution in [2.45, 2.75) is 63.6 Å². The summed E-state index contributed by atoms with van der Waals surface area (Å²) in [6.07, 6.45) is -4.64. The predicted molar refractivity (Wildman–Crippen MR) is 115 cm³/mol. The first-order valence-electron chi connectivity index (χ1n) is 11.1. The van der Waals surface area contributed by atoms with Crippen molar-refractivity contribution in [2.24, 2.45) is 0 Å². The Hall–Kier alpha value is -3.46. The summed E-state index contributed by atoms with van der Waals surface area (Å²) in [5.74, 6) is 0.471. The highest BCUT2D eigenvalue weighted by molar-refractivity contribution is 5.69. The lowest BCUT2D eigenvalue weighted by molar-refractivity contribution is -0.330. The lowest BCUT2D eigenvalue weighted by Gasteiger charge is -2.17. The van der Waals surface area contributed by atoms with E-state index in [1.807, 2.05) is 6.92 Å². The summed E-state index contributed by atoms with van der Waals surface area (Å²) in [5.41, 5.74) is 1.08. The lowest BCUT2D eigenvalue weighted by Crippen LogP contribution is -2.39. The fourth-order valence-corrected chi connectivity index (χ4v) is 3.79. The molecule has 3 aromatic rings. The van der Waals surface area contributed by atoms with E-state index in [0.29, 0.717) is 16.9 Å². The summed E-state index contributed by atoms with van der Waals surface area (Å²) in [7, 11) is 0. The number of nitrogens with one attached hydrogen (secondary N) is 3. The SMILES string of the molecule is Cc1cnc(Nc2cc([C@H]3OC[C@@H](OC(=O)NC4(C)CC4)[C@H]3F)[nH]n2)n2cc(COC(F)(F)F)nc12. The van der Waals surface area contributed by atoms with Gasteiger partial charge in [-0.2, -0.15) is 5.10 Å². The number of halogens is 4. The Labute approximate surface area is 201 Å². The number of nitrogens with zero attached hydrogens (tertiary/aromatic N) is 4. The summed E-state index contributed by atoms with van der Waals surface area (Å²) < 4.78 is 68.2. The molecule has 5 rings (SSSR count). The van der Waals surface area contributed by atoms with Crippen LogP contribution in [0.15, 0.2) is 18.5 Å². The Bertz CT molecular complexity index is 1270. The van der Waals surface area contributed by atoms with Gasteiger partial charge in [0.1, 0.15) is 11.8 Å². The molecule has 0 radical (unpaired) electrons. The highest BCUT2D eigenvalue weighted by Gasteiger charge is 2.44. The van der Waals surface area contributed by atoms with Crippen molar-refractivity contribution < 1.29 is 36.6 Å². The van der Waals surface area contributed by atoms with E-state index in [1.165, 1.54) is 22.9 Å². The topological polar surface area (TPSA) is 128 Å². The third-order valence-corrected chi connectivity index (χ3v) is 5.99. The van der Waals surface area contributed by atoms with Crippen LogP contribution in [-0.4, -0.2) is 61.4 Å². The minimum Gasteiger partial charge on any atom is -0.441 e. The standard InChI is InChI=1S/C21H23F4N7O4/c1-10-6-26-18(32-7-11(27-17(10)32)8-35-21(23,24)25)28-14-5-12(30-31-14)16-15(22)13(9-34-16)36-19(33)29-20(2)3-4-20/h5-7,13,15-16H,3-4,8-9H2,1-2H3,(H,29,33)(H2,26,28,30,31)/t13-,15-,16-/m1/s1. The van der Waals surface area contributed by atoms with Gasteiger partial charge in [0, 0.05) is 29.6 Å². The molecule has 1 aliphatic carbocycles. The van der Waals surface area contributed by atoms with Gasteiger partial charge in [-0.05, 0) is 26.7 Å². The van der Waals surface area contributed by atoms with E-state index in [0.717, 1.165) is 12.8 Å². The van der Waals surface area contributed by atoms with Crippen molar-refractivity contribution in [1.29, 1.82) is 0 Å². The van der Waals surface area contributed by atoms with Gasteiger partial charge in [0.2, 0.25) is 5.95 Å². The van der Waals surface area contributed by atoms with Gasteiger partial charge in [-0.3, -0.25) is 14.2 Å². The number of imidazole rings is 1. The molecule has 0 unspecified atom stereocenters. The highest BCUT2D eigenvalue weighted by Crippen LogP contribution is 2.36. The molecule has 3 aromatic heterocycles. The van der Waals surface area contributed by atoms with Crippen LogP contribution in [0.3, 0.4) is 0 Å². The van der Waals surface area contributed by atoms with E-state index in [-0.39, 0.29) is 29.6 Å². The van der Waals surface area contributed by atoms with Crippen molar-refractivity contribution in [1.82, 2.24) is 29.9 Å². The van der Waals surface area contributed by atoms with E-state index < -0.39 is 37.4 Å². The summed E-state index contributed by atoms with van der Waals surface area (Å²) >= 11 is 0. The van der Waals surface area contributed by atoms with Gasteiger partial charge in [0.05, 0.1) is 24.6 Å². The van der Waals surface area contributed by atoms with Crippen LogP contribution in [-0.2, 0) is 20.8 Å². The number of aromatic amines is 1. The Balaban J connectivity index is 1.26. The number of carbonyl (C=O) groups excluding carboxylic acids is 1. The van der Waals surface area contributed by atoms with Gasteiger partial charge >= 0.3 is 12.5 Å². The van der Waals surface area contributed by atoms with Crippen LogP contribution < -0.4 is 10.6 Å². The molecule has 2 aliphatic rings. The average molecular weight is 513 g/mol. The zero-order valence-corrected chi connectivity index (χ0v) is 19.2. The second-order valence-corrected chi connectivity index (χ2v) is 9.09. The number of H-pyrrole nitrogens is 1. The van der Waals surface area contributed by atoms with Crippen LogP contribution >= 0.6 is 0 Å². The van der Waals surface area contributed by atoms with E-state index >= 15 is 0 Å². The third-order valence-electron chi connectivity index (χ3n) is 5.99. The largest absolute Gasteiger partial charge is 0.522 e. The molecule has 2 fully saturated rings. The molecule has 1 saturated heterocycles. The van der Waals surface area contributed by atoms with Gasteiger partial charge < -0.3 is 20.1 Å². The smallest absolute Gasteiger partial charge is 0.441 e. The molecule has 0 bridgehead atoms. The van der Waals surface area contributed by atoms with Crippen LogP contribution in [0.4, 0.5) is 34.1 Å². The fraction of sp³-hybridized carbons (Fsp3) is 0.524. The van der Waals surface area contributed by atoms with Crippen molar-refractivity contribution in [3.63, 3.8) is 0 Å². The summed E-state index contributed by atoms with van der Waals surface area (Å²) in [4.78, 5) is 20.4. The number of fused-ring (bicyclic) bond motifs is 1. The maximum Gasteiger partial charge on any atom is 0.522 e. The number of rotatable bonds is 7. The molecule has 3 atom stereocenters. The maximum absolute atomic E-state index is 15.0. The first-order chi connectivity index (χ1) is 17.0. The van der Waals surface area contributed by atoms with Crippen LogP contribution in [0, 0.1) is 6.92 Å². The third kappa shape index (κ3) is 5.21. The normalized spacial score (nSPS) is 23.1. The highest BCUT2D eigenvalue weighted by atomic mass is 19.4. The number of anilines is 2. The van der Waals surface area contributed by atoms with Gasteiger partial charge in [0.25, 0.3) is 0 Å². The maximum atomic E-state index is 15.0. The van der Waals surface area contributed by atoms with Crippen LogP contribution in [0.25, 0.3) is 5.65 Å². The molecular weight excluding hydrogens is 490 g/mol. The van der Waals surface area contributed by atoms with E-state index in [4.69, 9.17) is 9.47 Å². The molecule has 1 aliphatic heterocycles. The van der Waals surface area contributed by atoms with Crippen molar-refractivity contribution in [3.8, 4) is 0 Å². The molecule has 11 nitrogen and oxygen atoms in total. The number of hydrogen-bond donors (Lipinski definition) is 3. The molecule has 1 saturated carbocycles. The molecule has 36 heavy (non-hydrogen) atoms. The van der Waals surface area contributed by atoms with Crippen molar-refractivity contribution >= 4 is 23.5 Å². The fourth-order valence-electron chi connectivity index (χ4n) is 3.79. The second-order valence-electron chi connectivity index (χ2n) is 9.09.